The van der Waals surface area contributed by atoms with E-state index in [2.05, 4.69) is 10.6 Å². The zero-order chi connectivity index (χ0) is 20.9. The van der Waals surface area contributed by atoms with Gasteiger partial charge in [-0.25, -0.2) is 22.8 Å². The van der Waals surface area contributed by atoms with Crippen molar-refractivity contribution in [2.75, 3.05) is 19.5 Å². The van der Waals surface area contributed by atoms with E-state index >= 15 is 0 Å². The van der Waals surface area contributed by atoms with E-state index in [0.29, 0.717) is 5.56 Å². The van der Waals surface area contributed by atoms with Crippen molar-refractivity contribution in [3.63, 3.8) is 0 Å². The van der Waals surface area contributed by atoms with Gasteiger partial charge in [-0.05, 0) is 31.5 Å². The lowest BCUT2D eigenvalue weighted by molar-refractivity contribution is -0.139. The van der Waals surface area contributed by atoms with E-state index < -0.39 is 33.8 Å². The van der Waals surface area contributed by atoms with Gasteiger partial charge in [0.15, 0.2) is 9.84 Å². The first-order chi connectivity index (χ1) is 13.1. The highest BCUT2D eigenvalue weighted by Gasteiger charge is 2.30. The summed E-state index contributed by atoms with van der Waals surface area (Å²) < 4.78 is 32.8. The average Bonchev–Trinajstić information content (AvgIpc) is 2.58. The summed E-state index contributed by atoms with van der Waals surface area (Å²) >= 11 is 0. The zero-order valence-electron chi connectivity index (χ0n) is 15.8. The Morgan fingerprint density at radius 1 is 1.11 bits per heavy atom. The quantitative estimate of drug-likeness (QED) is 0.639. The van der Waals surface area contributed by atoms with Crippen LogP contribution in [0.1, 0.15) is 29.8 Å². The molecule has 1 heterocycles. The molecule has 1 aromatic rings. The zero-order valence-corrected chi connectivity index (χ0v) is 16.6. The van der Waals surface area contributed by atoms with Gasteiger partial charge in [0.05, 0.1) is 35.2 Å². The van der Waals surface area contributed by atoms with Gasteiger partial charge in [-0.2, -0.15) is 0 Å². The lowest BCUT2D eigenvalue weighted by atomic mass is 10.0. The second-order valence-electron chi connectivity index (χ2n) is 6.28. The minimum Gasteiger partial charge on any atom is -0.463 e. The number of rotatable bonds is 7. The molecule has 1 atom stereocenters. The molecule has 152 valence electrons. The Kier molecular flexibility index (Phi) is 6.79. The molecule has 9 nitrogen and oxygen atoms in total. The highest BCUT2D eigenvalue weighted by molar-refractivity contribution is 7.89. The molecule has 0 saturated carbocycles. The van der Waals surface area contributed by atoms with Gasteiger partial charge in [0, 0.05) is 6.26 Å². The molecule has 0 spiro atoms. The third kappa shape index (κ3) is 5.81. The maximum Gasteiger partial charge on any atom is 0.338 e. The number of ether oxygens (including phenoxy) is 2. The van der Waals surface area contributed by atoms with Gasteiger partial charge in [-0.1, -0.05) is 12.1 Å². The fourth-order valence-electron chi connectivity index (χ4n) is 2.65. The van der Waals surface area contributed by atoms with Crippen LogP contribution in [0.5, 0.6) is 0 Å². The first kappa shape index (κ1) is 21.4. The Labute approximate surface area is 163 Å². The molecule has 1 aromatic carbocycles. The summed E-state index contributed by atoms with van der Waals surface area (Å²) in [5, 5.41) is 5.01. The molecule has 0 aromatic heterocycles. The first-order valence-corrected chi connectivity index (χ1v) is 10.6. The molecular formula is C18H22N2O7S. The van der Waals surface area contributed by atoms with Gasteiger partial charge in [-0.15, -0.1) is 0 Å². The van der Waals surface area contributed by atoms with Crippen molar-refractivity contribution in [2.24, 2.45) is 0 Å². The number of sulfone groups is 1. The predicted molar refractivity (Wildman–Crippen MR) is 100 cm³/mol. The van der Waals surface area contributed by atoms with Gasteiger partial charge < -0.3 is 20.1 Å². The van der Waals surface area contributed by atoms with Gasteiger partial charge in [0.2, 0.25) is 0 Å². The molecule has 10 heteroatoms. The summed E-state index contributed by atoms with van der Waals surface area (Å²) in [5.74, 6) is -1.42. The Balaban J connectivity index is 2.11. The van der Waals surface area contributed by atoms with Crippen molar-refractivity contribution in [2.45, 2.75) is 25.6 Å². The number of esters is 2. The fourth-order valence-corrected chi connectivity index (χ4v) is 3.45. The van der Waals surface area contributed by atoms with E-state index in [1.807, 2.05) is 0 Å². The van der Waals surface area contributed by atoms with Crippen molar-refractivity contribution in [3.05, 3.63) is 46.7 Å². The predicted octanol–water partition coefficient (Wildman–Crippen LogP) is 0.906. The number of hydrogen-bond acceptors (Lipinski definition) is 7. The van der Waals surface area contributed by atoms with E-state index in [1.54, 1.807) is 13.8 Å². The number of carbonyl (C=O) groups is 3. The molecule has 1 aliphatic heterocycles. The van der Waals surface area contributed by atoms with Crippen LogP contribution in [0.15, 0.2) is 35.5 Å². The summed E-state index contributed by atoms with van der Waals surface area (Å²) in [6.07, 6.45) is 1.12. The summed E-state index contributed by atoms with van der Waals surface area (Å²) in [6, 6.07) is 4.83. The molecule has 1 aliphatic rings. The maximum atomic E-state index is 12.2. The van der Waals surface area contributed by atoms with Crippen molar-refractivity contribution < 1.29 is 32.3 Å². The monoisotopic (exact) mass is 410 g/mol. The van der Waals surface area contributed by atoms with Crippen LogP contribution < -0.4 is 10.6 Å². The smallest absolute Gasteiger partial charge is 0.338 e. The Morgan fingerprint density at radius 2 is 1.75 bits per heavy atom. The van der Waals surface area contributed by atoms with Crippen molar-refractivity contribution >= 4 is 27.8 Å². The topological polar surface area (TPSA) is 128 Å². The molecule has 0 aliphatic carbocycles. The highest BCUT2D eigenvalue weighted by Crippen LogP contribution is 2.16. The fraction of sp³-hybridized carbons (Fsp3) is 0.389. The number of carbonyl (C=O) groups excluding carboxylic acids is 3. The summed E-state index contributed by atoms with van der Waals surface area (Å²) in [4.78, 5) is 36.1. The van der Waals surface area contributed by atoms with Crippen LogP contribution in [-0.2, 0) is 29.9 Å². The Morgan fingerprint density at radius 3 is 2.32 bits per heavy atom. The molecule has 2 N–H and O–H groups in total. The van der Waals surface area contributed by atoms with E-state index in [0.717, 1.165) is 6.26 Å². The van der Waals surface area contributed by atoms with Gasteiger partial charge >= 0.3 is 18.0 Å². The molecule has 0 unspecified atom stereocenters. The number of amides is 2. The second-order valence-corrected chi connectivity index (χ2v) is 8.42. The number of benzene rings is 1. The van der Waals surface area contributed by atoms with Crippen LogP contribution >= 0.6 is 0 Å². The molecule has 0 saturated heterocycles. The van der Waals surface area contributed by atoms with Gasteiger partial charge in [0.25, 0.3) is 0 Å². The van der Waals surface area contributed by atoms with Crippen LogP contribution in [0.2, 0.25) is 0 Å². The summed E-state index contributed by atoms with van der Waals surface area (Å²) in [6.45, 7) is 3.12. The van der Waals surface area contributed by atoms with Crippen LogP contribution in [0.4, 0.5) is 4.79 Å². The number of hydrogen-bond donors (Lipinski definition) is 2. The van der Waals surface area contributed by atoms with Crippen LogP contribution in [-0.4, -0.2) is 51.9 Å². The van der Waals surface area contributed by atoms with Crippen molar-refractivity contribution in [1.29, 1.82) is 0 Å². The number of nitrogens with one attached hydrogen (secondary N) is 2. The largest absolute Gasteiger partial charge is 0.463 e. The van der Waals surface area contributed by atoms with Gasteiger partial charge in [0.1, 0.15) is 6.61 Å². The second kappa shape index (κ2) is 8.87. The summed E-state index contributed by atoms with van der Waals surface area (Å²) in [7, 11) is -3.18. The van der Waals surface area contributed by atoms with E-state index in [9.17, 15) is 22.8 Å². The first-order valence-electron chi connectivity index (χ1n) is 8.52. The maximum absolute atomic E-state index is 12.2. The third-order valence-electron chi connectivity index (χ3n) is 3.83. The minimum absolute atomic E-state index is 0.130. The minimum atomic E-state index is -3.18. The Bertz CT molecular complexity index is 904. The van der Waals surface area contributed by atoms with E-state index in [1.165, 1.54) is 24.3 Å². The standard InChI is InChI=1S/C18H22N2O7S/c1-4-26-17(22)15-11(2)19-18(23)20-14(15)9-27-16(21)13-7-5-12(6-8-13)10-28(3,24)25/h5-8,11H,4,9-10H2,1-3H3,(H2,19,20,23)/t11-/m1/s1. The molecular weight excluding hydrogens is 388 g/mol. The van der Waals surface area contributed by atoms with E-state index in [4.69, 9.17) is 9.47 Å². The van der Waals surface area contributed by atoms with E-state index in [-0.39, 0.29) is 35.8 Å². The third-order valence-corrected chi connectivity index (χ3v) is 4.69. The molecule has 0 radical (unpaired) electrons. The SMILES string of the molecule is CCOC(=O)C1=C(COC(=O)c2ccc(CS(C)(=O)=O)cc2)NC(=O)N[C@@H]1C. The van der Waals surface area contributed by atoms with Crippen LogP contribution in [0.25, 0.3) is 0 Å². The van der Waals surface area contributed by atoms with Crippen molar-refractivity contribution in [3.8, 4) is 0 Å². The molecule has 28 heavy (non-hydrogen) atoms. The van der Waals surface area contributed by atoms with Crippen LogP contribution in [0.3, 0.4) is 0 Å². The average molecular weight is 410 g/mol. The lowest BCUT2D eigenvalue weighted by Crippen LogP contribution is -2.50. The molecule has 0 fully saturated rings. The molecule has 2 rings (SSSR count). The van der Waals surface area contributed by atoms with Gasteiger partial charge in [-0.3, -0.25) is 0 Å². The lowest BCUT2D eigenvalue weighted by Gasteiger charge is -2.26. The van der Waals surface area contributed by atoms with Crippen LogP contribution in [0, 0.1) is 0 Å². The Hall–Kier alpha value is -2.88. The summed E-state index contributed by atoms with van der Waals surface area (Å²) in [5.41, 5.74) is 1.09. The molecule has 0 bridgehead atoms. The number of urea groups is 1. The molecule has 2 amide bonds. The normalized spacial score (nSPS) is 16.8. The van der Waals surface area contributed by atoms with Crippen molar-refractivity contribution in [1.82, 2.24) is 10.6 Å². The highest BCUT2D eigenvalue weighted by atomic mass is 32.2.